The molecule has 21 rings (SSSR count). The predicted molar refractivity (Wildman–Crippen MR) is 331 cm³/mol. The first kappa shape index (κ1) is 73.3. The molecule has 38 heteroatoms. The van der Waals surface area contributed by atoms with Crippen molar-refractivity contribution in [2.24, 2.45) is 86.8 Å². The summed E-state index contributed by atoms with van der Waals surface area (Å²) in [5.74, 6) is -3.21. The summed E-state index contributed by atoms with van der Waals surface area (Å²) in [5, 5.41) is -3.20. The van der Waals surface area contributed by atoms with Gasteiger partial charge in [0, 0.05) is 40.4 Å². The van der Waals surface area contributed by atoms with Crippen molar-refractivity contribution >= 4 is 70.8 Å². The van der Waals surface area contributed by atoms with Gasteiger partial charge in [0.1, 0.15) is 74.6 Å². The van der Waals surface area contributed by atoms with Gasteiger partial charge in [0.25, 0.3) is 70.8 Å². The molecule has 35 unspecified atom stereocenters. The SMILES string of the molecule is CC1(C)C2CC3C(O2)C1OS3(=O)=O.CC1C2(C)C3OS(=O)(=O)C2CC1(C)C3(C)C.CC1C2CC3C(O2)C1(C)OS3(=O)=O.CC1C2CC3C(O2)C1OS3(=O)=O.CC1C2CC3C1OS(=O)(=O)C3(C(F)(F)F)C2.CC1C2CC3C1OS(=O)(=O)C3C2C(F)(F)F.CC1C2OS(=O)(=O)C3CC1(C)OC23. The van der Waals surface area contributed by atoms with Crippen LogP contribution < -0.4 is 0 Å². The molecule has 21 aliphatic rings. The maximum absolute atomic E-state index is 13.1. The summed E-state index contributed by atoms with van der Waals surface area (Å²) < 4.78 is 295. The van der Waals surface area contributed by atoms with Crippen LogP contribution in [0.15, 0.2) is 0 Å². The van der Waals surface area contributed by atoms with Crippen molar-refractivity contribution < 1.29 is 133 Å². The van der Waals surface area contributed by atoms with Gasteiger partial charge in [0.2, 0.25) is 0 Å². The predicted octanol–water partition coefficient (Wildman–Crippen LogP) is 6.15. The van der Waals surface area contributed by atoms with Crippen LogP contribution in [0.2, 0.25) is 0 Å². The average molecular weight is 1560 g/mol. The number of rotatable bonds is 0. The van der Waals surface area contributed by atoms with Gasteiger partial charge in [-0.15, -0.1) is 0 Å². The lowest BCUT2D eigenvalue weighted by molar-refractivity contribution is -0.190. The first-order valence-corrected chi connectivity index (χ1v) is 44.4. The Morgan fingerprint density at radius 3 is 1.58 bits per heavy atom. The van der Waals surface area contributed by atoms with Crippen LogP contribution in [0.5, 0.6) is 0 Å². The molecule has 6 aliphatic carbocycles. The van der Waals surface area contributed by atoms with Crippen LogP contribution in [0.3, 0.4) is 0 Å². The van der Waals surface area contributed by atoms with Crippen LogP contribution in [-0.2, 0) is 119 Å². The van der Waals surface area contributed by atoms with Gasteiger partial charge in [-0.25, -0.2) is 0 Å². The summed E-state index contributed by atoms with van der Waals surface area (Å²) in [7, 11) is -25.1. The van der Waals surface area contributed by atoms with Crippen molar-refractivity contribution in [1.29, 1.82) is 0 Å². The van der Waals surface area contributed by atoms with Crippen molar-refractivity contribution in [3.8, 4) is 0 Å². The highest BCUT2D eigenvalue weighted by atomic mass is 32.2. The van der Waals surface area contributed by atoms with Crippen molar-refractivity contribution in [3.05, 3.63) is 0 Å². The van der Waals surface area contributed by atoms with Gasteiger partial charge in [-0.2, -0.15) is 85.3 Å². The molecular formula is C61H88F6O25S7. The fourth-order valence-electron chi connectivity index (χ4n) is 23.2. The largest absolute Gasteiger partial charge is 0.410 e. The lowest BCUT2D eigenvalue weighted by Gasteiger charge is -2.42. The van der Waals surface area contributed by atoms with Crippen LogP contribution >= 0.6 is 0 Å². The van der Waals surface area contributed by atoms with Crippen LogP contribution in [0.1, 0.15) is 148 Å². The van der Waals surface area contributed by atoms with E-state index in [1.165, 1.54) is 0 Å². The maximum Gasteiger partial charge on any atom is 0.410 e. The summed E-state index contributed by atoms with van der Waals surface area (Å²) in [4.78, 5) is 0. The molecule has 0 N–H and O–H groups in total. The Morgan fingerprint density at radius 1 is 0.455 bits per heavy atom. The highest BCUT2D eigenvalue weighted by Crippen LogP contribution is 2.78. The topological polar surface area (TPSA) is 341 Å². The molecule has 0 aromatic rings. The number of fused-ring (bicyclic) bond motifs is 7. The molecule has 15 aliphatic heterocycles. The lowest BCUT2D eigenvalue weighted by Crippen LogP contribution is -2.53. The van der Waals surface area contributed by atoms with Crippen molar-refractivity contribution in [2.45, 2.75) is 287 Å². The first-order valence-electron chi connectivity index (χ1n) is 34.2. The Labute approximate surface area is 575 Å². The van der Waals surface area contributed by atoms with E-state index < -0.39 is 150 Å². The molecule has 566 valence electrons. The van der Waals surface area contributed by atoms with E-state index in [2.05, 4.69) is 34.6 Å². The Kier molecular flexibility index (Phi) is 15.8. The Hall–Kier alpha value is -1.21. The number of ether oxygens (including phenoxy) is 4. The van der Waals surface area contributed by atoms with Gasteiger partial charge in [0.15, 0.2) is 4.75 Å². The molecule has 15 saturated heterocycles. The molecule has 99 heavy (non-hydrogen) atoms. The highest BCUT2D eigenvalue weighted by Gasteiger charge is 2.83. The van der Waals surface area contributed by atoms with Crippen LogP contribution in [0.4, 0.5) is 26.3 Å². The van der Waals surface area contributed by atoms with Crippen molar-refractivity contribution in [2.75, 3.05) is 0 Å². The summed E-state index contributed by atoms with van der Waals surface area (Å²) in [6, 6.07) is 0. The monoisotopic (exact) mass is 1560 g/mol. The molecule has 0 aromatic heterocycles. The number of hydrogen-bond acceptors (Lipinski definition) is 25. The Balaban J connectivity index is 0.0000000943. The van der Waals surface area contributed by atoms with E-state index in [0.29, 0.717) is 44.4 Å². The summed E-state index contributed by atoms with van der Waals surface area (Å²) in [6.45, 7) is 28.2. The van der Waals surface area contributed by atoms with Gasteiger partial charge < -0.3 is 18.9 Å². The standard InChI is InChI=1S/C12H20O3S.2C9H11F3O3S.3C8H12O4S.C7H10O4S/c1-7-11(4)6-8-12(7,5)9(10(11,2)3)15-16(8,13)14;1-4-5-2-6-7(4)15-16(13,14)8(6,3-5)9(10,11)12;1-3-4-2-5-7(3)15-16(13,14)8(5)6(4)9(10,11)12;1-8(2)5-3-4-6(11-5)7(8)12-13(4,9)10;1-4-6-7-5(13(9,10)12-6)3-8(4,2)11-7;1-4-5-3-6-7(11-5)8(4,2)12-13(6,9)10;1-3-4-2-5-7(10-4)6(3)11-12(5,8)9/h7-9H,6H2,1-5H3;4-7H,2-3H2,1H3;3-8H,2H2,1H3;3*4-7H,3H2,1-2H3;3-7H,2H2,1H3. The second kappa shape index (κ2) is 21.4. The molecule has 0 spiro atoms. The minimum atomic E-state index is -4.72. The molecule has 14 bridgehead atoms. The number of hydrogen-bond donors (Lipinski definition) is 0. The fourth-order valence-corrected chi connectivity index (χ4v) is 37.0. The second-order valence-electron chi connectivity index (χ2n) is 34.4. The van der Waals surface area contributed by atoms with Crippen LogP contribution in [0.25, 0.3) is 0 Å². The van der Waals surface area contributed by atoms with E-state index in [1.807, 2.05) is 48.5 Å². The lowest BCUT2D eigenvalue weighted by atomic mass is 9.63. The molecular weight excluding hydrogens is 1470 g/mol. The van der Waals surface area contributed by atoms with Gasteiger partial charge in [0.05, 0.1) is 53.4 Å². The van der Waals surface area contributed by atoms with E-state index >= 15 is 0 Å². The van der Waals surface area contributed by atoms with E-state index in [4.69, 9.17) is 48.2 Å². The normalized spacial score (nSPS) is 57.6. The molecule has 21 fully saturated rings. The molecule has 0 amide bonds. The van der Waals surface area contributed by atoms with E-state index in [0.717, 1.165) is 6.42 Å². The summed E-state index contributed by atoms with van der Waals surface area (Å²) in [5.41, 5.74) is -1.17. The maximum atomic E-state index is 13.1. The summed E-state index contributed by atoms with van der Waals surface area (Å²) >= 11 is 0. The molecule has 0 radical (unpaired) electrons. The minimum Gasteiger partial charge on any atom is -0.370 e. The fraction of sp³-hybridized carbons (Fsp3) is 1.00. The molecule has 6 saturated carbocycles. The van der Waals surface area contributed by atoms with Gasteiger partial charge in [-0.05, 0) is 106 Å². The summed E-state index contributed by atoms with van der Waals surface area (Å²) in [6.07, 6.45) is -8.25. The molecule has 0 aromatic carbocycles. The van der Waals surface area contributed by atoms with Gasteiger partial charge >= 0.3 is 12.4 Å². The number of alkyl halides is 6. The highest BCUT2D eigenvalue weighted by molar-refractivity contribution is 7.89. The second-order valence-corrected chi connectivity index (χ2v) is 46.8. The zero-order valence-corrected chi connectivity index (χ0v) is 62.5. The third-order valence-corrected chi connectivity index (χ3v) is 42.3. The third kappa shape index (κ3) is 9.55. The zero-order chi connectivity index (χ0) is 72.8. The van der Waals surface area contributed by atoms with Gasteiger partial charge in [-0.1, -0.05) is 83.1 Å². The Morgan fingerprint density at radius 2 is 1.05 bits per heavy atom. The first-order chi connectivity index (χ1) is 44.9. The van der Waals surface area contributed by atoms with Crippen LogP contribution in [0, 0.1) is 86.8 Å². The smallest absolute Gasteiger partial charge is 0.370 e. The van der Waals surface area contributed by atoms with Crippen molar-refractivity contribution in [1.82, 2.24) is 0 Å². The third-order valence-electron chi connectivity index (χ3n) is 29.8. The van der Waals surface area contributed by atoms with Crippen molar-refractivity contribution in [3.63, 3.8) is 0 Å². The van der Waals surface area contributed by atoms with Crippen LogP contribution in [-0.4, -0.2) is 198 Å². The Bertz CT molecular complexity index is 4230. The zero-order valence-electron chi connectivity index (χ0n) is 56.8. The quantitative estimate of drug-likeness (QED) is 0.194. The van der Waals surface area contributed by atoms with Gasteiger partial charge in [-0.3, -0.25) is 29.3 Å². The van der Waals surface area contributed by atoms with E-state index in [-0.39, 0.29) is 147 Å². The van der Waals surface area contributed by atoms with E-state index in [1.54, 1.807) is 13.8 Å². The number of halogens is 6. The molecule has 15 heterocycles. The molecule has 35 atom stereocenters. The van der Waals surface area contributed by atoms with E-state index in [9.17, 15) is 85.3 Å². The molecule has 25 nitrogen and oxygen atoms in total. The minimum absolute atomic E-state index is 0.0543. The average Bonchev–Trinajstić information content (AvgIpc) is 1.48.